The summed E-state index contributed by atoms with van der Waals surface area (Å²) in [6, 6.07) is 26.5. The molecule has 0 aliphatic carbocycles. The van der Waals surface area contributed by atoms with Gasteiger partial charge in [0.1, 0.15) is 0 Å². The predicted molar refractivity (Wildman–Crippen MR) is 128 cm³/mol. The van der Waals surface area contributed by atoms with Crippen LogP contribution in [0, 0.1) is 0 Å². The van der Waals surface area contributed by atoms with Crippen LogP contribution in [0.1, 0.15) is 40.9 Å². The average Bonchev–Trinajstić information content (AvgIpc) is 2.79. The van der Waals surface area contributed by atoms with Crippen molar-refractivity contribution in [2.75, 3.05) is 5.32 Å². The molecular formula is C25H25N3O2S. The zero-order valence-corrected chi connectivity index (χ0v) is 18.1. The van der Waals surface area contributed by atoms with Crippen LogP contribution in [-0.2, 0) is 11.2 Å². The van der Waals surface area contributed by atoms with Crippen LogP contribution >= 0.6 is 12.2 Å². The second-order valence-electron chi connectivity index (χ2n) is 7.17. The van der Waals surface area contributed by atoms with Crippen molar-refractivity contribution in [1.29, 1.82) is 0 Å². The maximum Gasteiger partial charge on any atom is 0.251 e. The number of hydrogen-bond acceptors (Lipinski definition) is 3. The number of anilines is 1. The van der Waals surface area contributed by atoms with Gasteiger partial charge >= 0.3 is 0 Å². The van der Waals surface area contributed by atoms with E-state index in [2.05, 4.69) is 16.0 Å². The Balaban J connectivity index is 1.51. The van der Waals surface area contributed by atoms with E-state index in [1.165, 1.54) is 0 Å². The van der Waals surface area contributed by atoms with Gasteiger partial charge in [0.15, 0.2) is 5.11 Å². The van der Waals surface area contributed by atoms with Crippen molar-refractivity contribution in [3.05, 3.63) is 102 Å². The number of thiocarbonyl (C=S) groups is 1. The number of carbonyl (C=O) groups excluding carboxylic acids is 2. The van der Waals surface area contributed by atoms with E-state index >= 15 is 0 Å². The first-order chi connectivity index (χ1) is 15.0. The zero-order valence-electron chi connectivity index (χ0n) is 17.3. The second kappa shape index (κ2) is 11.0. The van der Waals surface area contributed by atoms with Crippen molar-refractivity contribution >= 4 is 34.8 Å². The number of hydrogen-bond donors (Lipinski definition) is 3. The number of amides is 2. The normalized spacial score (nSPS) is 11.3. The number of rotatable bonds is 7. The van der Waals surface area contributed by atoms with E-state index in [1.807, 2.05) is 67.6 Å². The van der Waals surface area contributed by atoms with Crippen LogP contribution in [-0.4, -0.2) is 16.9 Å². The summed E-state index contributed by atoms with van der Waals surface area (Å²) in [6.07, 6.45) is 0.982. The Labute approximate surface area is 187 Å². The molecule has 0 heterocycles. The van der Waals surface area contributed by atoms with Crippen molar-refractivity contribution in [2.45, 2.75) is 25.8 Å². The first-order valence-electron chi connectivity index (χ1n) is 10.1. The molecule has 5 nitrogen and oxygen atoms in total. The fourth-order valence-electron chi connectivity index (χ4n) is 3.10. The van der Waals surface area contributed by atoms with Gasteiger partial charge in [-0.25, -0.2) is 0 Å². The summed E-state index contributed by atoms with van der Waals surface area (Å²) < 4.78 is 0. The Morgan fingerprint density at radius 3 is 2.29 bits per heavy atom. The lowest BCUT2D eigenvalue weighted by Gasteiger charge is -2.15. The molecule has 158 valence electrons. The van der Waals surface area contributed by atoms with Crippen molar-refractivity contribution in [1.82, 2.24) is 10.6 Å². The molecule has 0 aromatic heterocycles. The van der Waals surface area contributed by atoms with Gasteiger partial charge in [0.05, 0.1) is 6.04 Å². The van der Waals surface area contributed by atoms with Gasteiger partial charge in [-0.3, -0.25) is 9.59 Å². The number of carbonyl (C=O) groups is 2. The van der Waals surface area contributed by atoms with E-state index in [4.69, 9.17) is 12.2 Å². The van der Waals surface area contributed by atoms with Gasteiger partial charge in [-0.05, 0) is 54.9 Å². The molecule has 3 aromatic carbocycles. The third kappa shape index (κ3) is 7.04. The predicted octanol–water partition coefficient (Wildman–Crippen LogP) is 4.62. The molecule has 3 aromatic rings. The lowest BCUT2D eigenvalue weighted by atomic mass is 10.1. The van der Waals surface area contributed by atoms with Crippen molar-refractivity contribution in [3.8, 4) is 0 Å². The van der Waals surface area contributed by atoms with Crippen molar-refractivity contribution < 1.29 is 9.59 Å². The molecule has 1 atom stereocenters. The van der Waals surface area contributed by atoms with E-state index in [9.17, 15) is 9.59 Å². The Kier molecular flexibility index (Phi) is 7.90. The Hall–Kier alpha value is -3.51. The maximum atomic E-state index is 12.6. The Bertz CT molecular complexity index is 1040. The first kappa shape index (κ1) is 22.2. The third-order valence-corrected chi connectivity index (χ3v) is 4.97. The van der Waals surface area contributed by atoms with Crippen LogP contribution in [0.3, 0.4) is 0 Å². The fourth-order valence-corrected chi connectivity index (χ4v) is 3.33. The van der Waals surface area contributed by atoms with Crippen LogP contribution in [0.5, 0.6) is 0 Å². The summed E-state index contributed by atoms with van der Waals surface area (Å²) in [5, 5.41) is 8.84. The highest BCUT2D eigenvalue weighted by Gasteiger charge is 2.12. The largest absolute Gasteiger partial charge is 0.346 e. The molecule has 0 radical (unpaired) electrons. The van der Waals surface area contributed by atoms with E-state index < -0.39 is 0 Å². The van der Waals surface area contributed by atoms with Crippen LogP contribution < -0.4 is 16.0 Å². The SMILES string of the molecule is CC(NC(=O)c1cccc(NC(=S)NC(=O)CCc2ccccc2)c1)c1ccccc1. The minimum absolute atomic E-state index is 0.115. The molecule has 3 rings (SSSR count). The molecule has 31 heavy (non-hydrogen) atoms. The van der Waals surface area contributed by atoms with Crippen LogP contribution in [0.4, 0.5) is 5.69 Å². The van der Waals surface area contributed by atoms with Crippen molar-refractivity contribution in [2.24, 2.45) is 0 Å². The highest BCUT2D eigenvalue weighted by atomic mass is 32.1. The molecule has 0 fully saturated rings. The lowest BCUT2D eigenvalue weighted by Crippen LogP contribution is -2.34. The molecule has 6 heteroatoms. The summed E-state index contributed by atoms with van der Waals surface area (Å²) in [4.78, 5) is 24.8. The highest BCUT2D eigenvalue weighted by molar-refractivity contribution is 7.80. The van der Waals surface area contributed by atoms with E-state index in [-0.39, 0.29) is 23.0 Å². The van der Waals surface area contributed by atoms with Gasteiger partial charge in [-0.2, -0.15) is 0 Å². The third-order valence-electron chi connectivity index (χ3n) is 4.77. The van der Waals surface area contributed by atoms with Crippen molar-refractivity contribution in [3.63, 3.8) is 0 Å². The van der Waals surface area contributed by atoms with Gasteiger partial charge in [-0.1, -0.05) is 66.7 Å². The summed E-state index contributed by atoms with van der Waals surface area (Å²) in [5.74, 6) is -0.343. The molecule has 2 amide bonds. The minimum Gasteiger partial charge on any atom is -0.346 e. The van der Waals surface area contributed by atoms with Gasteiger partial charge in [-0.15, -0.1) is 0 Å². The molecule has 1 unspecified atom stereocenters. The molecule has 0 saturated carbocycles. The standard InChI is InChI=1S/C25H25N3O2S/c1-18(20-11-6-3-7-12-20)26-24(30)21-13-8-14-22(17-21)27-25(31)28-23(29)16-15-19-9-4-2-5-10-19/h2-14,17-18H,15-16H2,1H3,(H,26,30)(H2,27,28,29,31). The minimum atomic E-state index is -0.183. The molecule has 0 aliphatic rings. The smallest absolute Gasteiger partial charge is 0.251 e. The number of benzene rings is 3. The summed E-state index contributed by atoms with van der Waals surface area (Å²) >= 11 is 5.24. The Morgan fingerprint density at radius 2 is 1.58 bits per heavy atom. The highest BCUT2D eigenvalue weighted by Crippen LogP contribution is 2.15. The summed E-state index contributed by atoms with van der Waals surface area (Å²) in [7, 11) is 0. The lowest BCUT2D eigenvalue weighted by molar-refractivity contribution is -0.119. The van der Waals surface area contributed by atoms with Crippen LogP contribution in [0.2, 0.25) is 0 Å². The van der Waals surface area contributed by atoms with Gasteiger partial charge < -0.3 is 16.0 Å². The Morgan fingerprint density at radius 1 is 0.903 bits per heavy atom. The zero-order chi connectivity index (χ0) is 22.1. The summed E-state index contributed by atoms with van der Waals surface area (Å²) in [6.45, 7) is 1.94. The maximum absolute atomic E-state index is 12.6. The second-order valence-corrected chi connectivity index (χ2v) is 7.58. The van der Waals surface area contributed by atoms with E-state index in [0.717, 1.165) is 11.1 Å². The van der Waals surface area contributed by atoms with E-state index in [1.54, 1.807) is 24.3 Å². The number of aryl methyl sites for hydroxylation is 1. The van der Waals surface area contributed by atoms with Gasteiger partial charge in [0.25, 0.3) is 5.91 Å². The molecular weight excluding hydrogens is 406 g/mol. The topological polar surface area (TPSA) is 70.2 Å². The van der Waals surface area contributed by atoms with Gasteiger partial charge in [0, 0.05) is 17.7 Å². The van der Waals surface area contributed by atoms with Crippen LogP contribution in [0.25, 0.3) is 0 Å². The molecule has 0 bridgehead atoms. The molecule has 0 saturated heterocycles. The fraction of sp³-hybridized carbons (Fsp3) is 0.160. The number of nitrogens with one attached hydrogen (secondary N) is 3. The van der Waals surface area contributed by atoms with E-state index in [0.29, 0.717) is 24.1 Å². The quantitative estimate of drug-likeness (QED) is 0.477. The monoisotopic (exact) mass is 431 g/mol. The first-order valence-corrected chi connectivity index (χ1v) is 10.5. The average molecular weight is 432 g/mol. The van der Waals surface area contributed by atoms with Gasteiger partial charge in [0.2, 0.25) is 5.91 Å². The molecule has 0 spiro atoms. The molecule has 3 N–H and O–H groups in total. The summed E-state index contributed by atoms with van der Waals surface area (Å²) in [5.41, 5.74) is 3.27. The van der Waals surface area contributed by atoms with Crippen LogP contribution in [0.15, 0.2) is 84.9 Å². The molecule has 0 aliphatic heterocycles.